The maximum atomic E-state index is 13.4. The van der Waals surface area contributed by atoms with Crippen molar-refractivity contribution in [2.45, 2.75) is 19.5 Å². The standard InChI is InChI=1S/C22H18Cl2N4O3/c1-12-18(19(26-31-12)17-15(23)8-4-9-16(17)24)25-22(30)28-11-5-10-27-20(28)13-6-2-3-7-14(13)21(27)29/h2-4,6-9,20H,5,10-11H2,1H3,(H,25,30)/t20-/m1/s1. The molecule has 9 heteroatoms. The molecule has 3 heterocycles. The van der Waals surface area contributed by atoms with Crippen LogP contribution in [0.2, 0.25) is 10.0 Å². The molecule has 3 amide bonds. The van der Waals surface area contributed by atoms with Crippen LogP contribution in [0.4, 0.5) is 10.5 Å². The molecule has 0 saturated carbocycles. The summed E-state index contributed by atoms with van der Waals surface area (Å²) in [7, 11) is 0. The van der Waals surface area contributed by atoms with Crippen LogP contribution in [-0.4, -0.2) is 40.0 Å². The van der Waals surface area contributed by atoms with Crippen LogP contribution in [0, 0.1) is 6.92 Å². The number of aryl methyl sites for hydroxylation is 1. The first-order valence-electron chi connectivity index (χ1n) is 9.85. The minimum Gasteiger partial charge on any atom is -0.359 e. The highest BCUT2D eigenvalue weighted by atomic mass is 35.5. The summed E-state index contributed by atoms with van der Waals surface area (Å²) >= 11 is 12.7. The van der Waals surface area contributed by atoms with Crippen LogP contribution < -0.4 is 5.32 Å². The zero-order chi connectivity index (χ0) is 21.7. The predicted octanol–water partition coefficient (Wildman–Crippen LogP) is 5.35. The van der Waals surface area contributed by atoms with Crippen molar-refractivity contribution >= 4 is 40.8 Å². The van der Waals surface area contributed by atoms with Gasteiger partial charge in [-0.15, -0.1) is 0 Å². The summed E-state index contributed by atoms with van der Waals surface area (Å²) in [6.45, 7) is 2.82. The molecule has 1 N–H and O–H groups in total. The Labute approximate surface area is 188 Å². The Bertz CT molecular complexity index is 1190. The number of fused-ring (bicyclic) bond motifs is 3. The van der Waals surface area contributed by atoms with Gasteiger partial charge in [-0.25, -0.2) is 4.79 Å². The second kappa shape index (κ2) is 7.59. The molecular formula is C22H18Cl2N4O3. The molecule has 5 rings (SSSR count). The number of aromatic nitrogens is 1. The number of carbonyl (C=O) groups is 2. The molecule has 31 heavy (non-hydrogen) atoms. The third-order valence-corrected chi connectivity index (χ3v) is 6.30. The summed E-state index contributed by atoms with van der Waals surface area (Å²) in [5.74, 6) is 0.374. The molecule has 1 fully saturated rings. The average molecular weight is 457 g/mol. The Hall–Kier alpha value is -3.03. The van der Waals surface area contributed by atoms with E-state index >= 15 is 0 Å². The van der Waals surface area contributed by atoms with Gasteiger partial charge < -0.3 is 14.7 Å². The Morgan fingerprint density at radius 2 is 1.87 bits per heavy atom. The van der Waals surface area contributed by atoms with E-state index < -0.39 is 6.17 Å². The van der Waals surface area contributed by atoms with E-state index in [2.05, 4.69) is 10.5 Å². The van der Waals surface area contributed by atoms with Gasteiger partial charge in [0.2, 0.25) is 0 Å². The van der Waals surface area contributed by atoms with Crippen LogP contribution in [0.5, 0.6) is 0 Å². The summed E-state index contributed by atoms with van der Waals surface area (Å²) in [4.78, 5) is 29.6. The summed E-state index contributed by atoms with van der Waals surface area (Å²) in [6, 6.07) is 12.2. The first kappa shape index (κ1) is 19.9. The zero-order valence-corrected chi connectivity index (χ0v) is 18.1. The summed E-state index contributed by atoms with van der Waals surface area (Å²) < 4.78 is 5.34. The maximum absolute atomic E-state index is 13.4. The van der Waals surface area contributed by atoms with E-state index in [1.165, 1.54) is 0 Å². The molecule has 1 atom stereocenters. The maximum Gasteiger partial charge on any atom is 0.323 e. The molecule has 2 aliphatic heterocycles. The van der Waals surface area contributed by atoms with E-state index in [1.54, 1.807) is 41.0 Å². The van der Waals surface area contributed by atoms with Crippen molar-refractivity contribution in [2.75, 3.05) is 18.4 Å². The number of nitrogens with zero attached hydrogens (tertiary/aromatic N) is 3. The number of anilines is 1. The number of hydrogen-bond acceptors (Lipinski definition) is 4. The summed E-state index contributed by atoms with van der Waals surface area (Å²) in [5.41, 5.74) is 2.71. The molecule has 0 aliphatic carbocycles. The lowest BCUT2D eigenvalue weighted by molar-refractivity contribution is 0.0355. The lowest BCUT2D eigenvalue weighted by Gasteiger charge is -2.40. The van der Waals surface area contributed by atoms with Crippen molar-refractivity contribution in [3.63, 3.8) is 0 Å². The van der Waals surface area contributed by atoms with Crippen LogP contribution in [0.3, 0.4) is 0 Å². The molecule has 0 unspecified atom stereocenters. The SMILES string of the molecule is Cc1onc(-c2c(Cl)cccc2Cl)c1NC(=O)N1CCCN2C(=O)c3ccccc3[C@@H]12. The minimum atomic E-state index is -0.440. The van der Waals surface area contributed by atoms with Gasteiger partial charge in [0.15, 0.2) is 5.76 Å². The van der Waals surface area contributed by atoms with Gasteiger partial charge in [0.1, 0.15) is 17.5 Å². The Balaban J connectivity index is 1.49. The minimum absolute atomic E-state index is 0.0530. The topological polar surface area (TPSA) is 78.7 Å². The van der Waals surface area contributed by atoms with Crippen molar-refractivity contribution in [3.05, 3.63) is 69.4 Å². The summed E-state index contributed by atoms with van der Waals surface area (Å²) in [6.07, 6.45) is 0.250. The van der Waals surface area contributed by atoms with Gasteiger partial charge in [0, 0.05) is 29.8 Å². The molecule has 0 spiro atoms. The average Bonchev–Trinajstić information content (AvgIpc) is 3.26. The van der Waals surface area contributed by atoms with E-state index in [-0.39, 0.29) is 11.9 Å². The van der Waals surface area contributed by atoms with Crippen molar-refractivity contribution in [1.29, 1.82) is 0 Å². The fourth-order valence-electron chi connectivity index (χ4n) is 4.25. The van der Waals surface area contributed by atoms with Crippen molar-refractivity contribution in [2.24, 2.45) is 0 Å². The number of carbonyl (C=O) groups excluding carboxylic acids is 2. The van der Waals surface area contributed by atoms with Crippen molar-refractivity contribution < 1.29 is 14.1 Å². The third-order valence-electron chi connectivity index (χ3n) is 5.67. The van der Waals surface area contributed by atoms with Gasteiger partial charge in [-0.2, -0.15) is 0 Å². The lowest BCUT2D eigenvalue weighted by atomic mass is 10.1. The number of benzene rings is 2. The molecule has 0 radical (unpaired) electrons. The Kier molecular flexibility index (Phi) is 4.87. The van der Waals surface area contributed by atoms with Crippen molar-refractivity contribution in [3.8, 4) is 11.3 Å². The van der Waals surface area contributed by atoms with Crippen LogP contribution in [-0.2, 0) is 0 Å². The molecule has 158 valence electrons. The largest absolute Gasteiger partial charge is 0.359 e. The highest BCUT2D eigenvalue weighted by molar-refractivity contribution is 6.39. The molecule has 2 aromatic carbocycles. The van der Waals surface area contributed by atoms with Crippen LogP contribution in [0.15, 0.2) is 47.0 Å². The zero-order valence-electron chi connectivity index (χ0n) is 16.6. The van der Waals surface area contributed by atoms with Crippen LogP contribution >= 0.6 is 23.2 Å². The quantitative estimate of drug-likeness (QED) is 0.563. The molecule has 7 nitrogen and oxygen atoms in total. The first-order valence-corrected chi connectivity index (χ1v) is 10.6. The summed E-state index contributed by atoms with van der Waals surface area (Å²) in [5, 5.41) is 7.79. The van der Waals surface area contributed by atoms with Crippen LogP contribution in [0.25, 0.3) is 11.3 Å². The second-order valence-electron chi connectivity index (χ2n) is 7.50. The number of halogens is 2. The Morgan fingerprint density at radius 1 is 1.13 bits per heavy atom. The highest BCUT2D eigenvalue weighted by Crippen LogP contribution is 2.41. The number of nitrogens with one attached hydrogen (secondary N) is 1. The molecule has 3 aromatic rings. The van der Waals surface area contributed by atoms with Gasteiger partial charge in [-0.05, 0) is 31.5 Å². The van der Waals surface area contributed by atoms with Gasteiger partial charge >= 0.3 is 6.03 Å². The lowest BCUT2D eigenvalue weighted by Crippen LogP contribution is -2.50. The van der Waals surface area contributed by atoms with E-state index in [0.717, 1.165) is 5.56 Å². The van der Waals surface area contributed by atoms with Gasteiger partial charge in [-0.3, -0.25) is 9.69 Å². The highest BCUT2D eigenvalue weighted by Gasteiger charge is 2.44. The van der Waals surface area contributed by atoms with Gasteiger partial charge in [0.25, 0.3) is 5.91 Å². The number of urea groups is 1. The second-order valence-corrected chi connectivity index (χ2v) is 8.31. The Morgan fingerprint density at radius 3 is 2.65 bits per heavy atom. The molecule has 2 aliphatic rings. The third kappa shape index (κ3) is 3.16. The predicted molar refractivity (Wildman–Crippen MR) is 117 cm³/mol. The number of amides is 3. The fourth-order valence-corrected chi connectivity index (χ4v) is 4.83. The van der Waals surface area contributed by atoms with E-state index in [9.17, 15) is 9.59 Å². The van der Waals surface area contributed by atoms with Gasteiger partial charge in [-0.1, -0.05) is 52.6 Å². The van der Waals surface area contributed by atoms with E-state index in [4.69, 9.17) is 27.7 Å². The first-order chi connectivity index (χ1) is 15.0. The molecule has 0 bridgehead atoms. The monoisotopic (exact) mass is 456 g/mol. The normalized spacial score (nSPS) is 17.5. The molecular weight excluding hydrogens is 439 g/mol. The smallest absolute Gasteiger partial charge is 0.323 e. The van der Waals surface area contributed by atoms with E-state index in [1.807, 2.05) is 18.2 Å². The van der Waals surface area contributed by atoms with Gasteiger partial charge in [0.05, 0.1) is 10.0 Å². The van der Waals surface area contributed by atoms with Crippen LogP contribution in [0.1, 0.15) is 34.3 Å². The molecule has 1 aromatic heterocycles. The van der Waals surface area contributed by atoms with Crippen molar-refractivity contribution in [1.82, 2.24) is 15.0 Å². The fraction of sp³-hybridized carbons (Fsp3) is 0.227. The number of hydrogen-bond donors (Lipinski definition) is 1. The number of rotatable bonds is 2. The molecule has 1 saturated heterocycles. The van der Waals surface area contributed by atoms with E-state index in [0.29, 0.717) is 57.8 Å².